The SMILES string of the molecule is CN=C(NCCCc1ccccc1)NCc1ccc(CN2CCCN(C)CC2)cc1.I. The number of halogens is 1. The fourth-order valence-electron chi connectivity index (χ4n) is 3.83. The molecule has 0 saturated carbocycles. The van der Waals surface area contributed by atoms with Crippen LogP contribution in [0.2, 0.25) is 0 Å². The van der Waals surface area contributed by atoms with Gasteiger partial charge in [0.15, 0.2) is 5.96 Å². The van der Waals surface area contributed by atoms with Gasteiger partial charge in [-0.3, -0.25) is 9.89 Å². The van der Waals surface area contributed by atoms with E-state index in [1.54, 1.807) is 0 Å². The van der Waals surface area contributed by atoms with Gasteiger partial charge in [0, 0.05) is 39.8 Å². The van der Waals surface area contributed by atoms with Gasteiger partial charge in [0.25, 0.3) is 0 Å². The number of hydrogen-bond acceptors (Lipinski definition) is 3. The number of nitrogens with one attached hydrogen (secondary N) is 2. The Kier molecular flexibility index (Phi) is 11.9. The highest BCUT2D eigenvalue weighted by Crippen LogP contribution is 2.10. The van der Waals surface area contributed by atoms with Gasteiger partial charge in [-0.05, 0) is 56.1 Å². The molecule has 3 rings (SSSR count). The predicted octanol–water partition coefficient (Wildman–Crippen LogP) is 3.74. The van der Waals surface area contributed by atoms with Crippen LogP contribution in [0.4, 0.5) is 0 Å². The first kappa shape index (κ1) is 25.6. The molecule has 1 heterocycles. The normalized spacial score (nSPS) is 15.7. The molecule has 1 fully saturated rings. The molecule has 0 unspecified atom stereocenters. The first-order chi connectivity index (χ1) is 14.7. The molecule has 1 saturated heterocycles. The van der Waals surface area contributed by atoms with Crippen LogP contribution in [-0.4, -0.2) is 62.6 Å². The largest absolute Gasteiger partial charge is 0.356 e. The Balaban J connectivity index is 0.00000341. The van der Waals surface area contributed by atoms with Gasteiger partial charge in [-0.15, -0.1) is 24.0 Å². The van der Waals surface area contributed by atoms with Gasteiger partial charge >= 0.3 is 0 Å². The van der Waals surface area contributed by atoms with Crippen molar-refractivity contribution in [1.29, 1.82) is 0 Å². The van der Waals surface area contributed by atoms with Crippen molar-refractivity contribution in [3.63, 3.8) is 0 Å². The summed E-state index contributed by atoms with van der Waals surface area (Å²) in [5, 5.41) is 6.83. The summed E-state index contributed by atoms with van der Waals surface area (Å²) in [4.78, 5) is 9.34. The van der Waals surface area contributed by atoms with E-state index in [1.807, 2.05) is 7.05 Å². The van der Waals surface area contributed by atoms with E-state index in [4.69, 9.17) is 0 Å². The summed E-state index contributed by atoms with van der Waals surface area (Å²) in [5.74, 6) is 0.862. The monoisotopic (exact) mass is 535 g/mol. The second kappa shape index (κ2) is 14.4. The minimum Gasteiger partial charge on any atom is -0.356 e. The minimum absolute atomic E-state index is 0. The molecular formula is C25H38IN5. The first-order valence-electron chi connectivity index (χ1n) is 11.2. The molecule has 0 aliphatic carbocycles. The van der Waals surface area contributed by atoms with Crippen molar-refractivity contribution in [2.45, 2.75) is 32.4 Å². The maximum absolute atomic E-state index is 4.34. The van der Waals surface area contributed by atoms with E-state index >= 15 is 0 Å². The third-order valence-electron chi connectivity index (χ3n) is 5.70. The highest BCUT2D eigenvalue weighted by atomic mass is 127. The number of aryl methyl sites for hydroxylation is 1. The third-order valence-corrected chi connectivity index (χ3v) is 5.70. The van der Waals surface area contributed by atoms with E-state index < -0.39 is 0 Å². The molecule has 5 nitrogen and oxygen atoms in total. The summed E-state index contributed by atoms with van der Waals surface area (Å²) in [7, 11) is 4.05. The van der Waals surface area contributed by atoms with Gasteiger partial charge in [-0.2, -0.15) is 0 Å². The summed E-state index contributed by atoms with van der Waals surface area (Å²) in [5.41, 5.74) is 4.06. The van der Waals surface area contributed by atoms with E-state index in [0.717, 1.165) is 45.0 Å². The van der Waals surface area contributed by atoms with Gasteiger partial charge in [0.05, 0.1) is 0 Å². The molecule has 1 aliphatic rings. The predicted molar refractivity (Wildman–Crippen MR) is 142 cm³/mol. The molecule has 2 aromatic rings. The number of nitrogens with zero attached hydrogens (tertiary/aromatic N) is 3. The van der Waals surface area contributed by atoms with Crippen LogP contribution in [0.3, 0.4) is 0 Å². The number of likely N-dealkylation sites (N-methyl/N-ethyl adjacent to an activating group) is 1. The third kappa shape index (κ3) is 9.58. The average molecular weight is 536 g/mol. The maximum atomic E-state index is 4.34. The van der Waals surface area contributed by atoms with Crippen molar-refractivity contribution in [2.24, 2.45) is 4.99 Å². The Morgan fingerprint density at radius 3 is 2.35 bits per heavy atom. The molecule has 31 heavy (non-hydrogen) atoms. The Labute approximate surface area is 205 Å². The smallest absolute Gasteiger partial charge is 0.191 e. The molecule has 0 amide bonds. The molecule has 2 aromatic carbocycles. The molecule has 0 spiro atoms. The van der Waals surface area contributed by atoms with Crippen molar-refractivity contribution >= 4 is 29.9 Å². The molecule has 1 aliphatic heterocycles. The highest BCUT2D eigenvalue weighted by molar-refractivity contribution is 14.0. The zero-order chi connectivity index (χ0) is 21.0. The molecule has 0 atom stereocenters. The van der Waals surface area contributed by atoms with Crippen LogP contribution < -0.4 is 10.6 Å². The molecule has 170 valence electrons. The summed E-state index contributed by atoms with van der Waals surface area (Å²) in [6, 6.07) is 19.6. The van der Waals surface area contributed by atoms with Crippen molar-refractivity contribution < 1.29 is 0 Å². The van der Waals surface area contributed by atoms with Crippen LogP contribution in [0, 0.1) is 0 Å². The lowest BCUT2D eigenvalue weighted by atomic mass is 10.1. The quantitative estimate of drug-likeness (QED) is 0.234. The van der Waals surface area contributed by atoms with Crippen molar-refractivity contribution in [3.8, 4) is 0 Å². The lowest BCUT2D eigenvalue weighted by Gasteiger charge is -2.20. The van der Waals surface area contributed by atoms with Gasteiger partial charge in [-0.25, -0.2) is 0 Å². The molecule has 0 aromatic heterocycles. The zero-order valence-electron chi connectivity index (χ0n) is 19.0. The number of benzene rings is 2. The average Bonchev–Trinajstić information content (AvgIpc) is 2.99. The summed E-state index contributed by atoms with van der Waals surface area (Å²) < 4.78 is 0. The van der Waals surface area contributed by atoms with Gasteiger partial charge in [-0.1, -0.05) is 54.6 Å². The second-order valence-electron chi connectivity index (χ2n) is 8.19. The van der Waals surface area contributed by atoms with Crippen LogP contribution in [0.15, 0.2) is 59.6 Å². The molecule has 2 N–H and O–H groups in total. The van der Waals surface area contributed by atoms with E-state index in [2.05, 4.69) is 87.1 Å². The standard InChI is InChI=1S/C25H37N5.HI/c1-26-25(27-15-6-10-22-8-4-3-5-9-22)28-20-23-11-13-24(14-12-23)21-30-17-7-16-29(2)18-19-30;/h3-5,8-9,11-14H,6-7,10,15-21H2,1-2H3,(H2,26,27,28);1H. The van der Waals surface area contributed by atoms with Crippen molar-refractivity contribution in [3.05, 3.63) is 71.3 Å². The number of guanidine groups is 1. The lowest BCUT2D eigenvalue weighted by molar-refractivity contribution is 0.269. The van der Waals surface area contributed by atoms with E-state index in [-0.39, 0.29) is 24.0 Å². The molecule has 0 bridgehead atoms. The first-order valence-corrected chi connectivity index (χ1v) is 11.2. The van der Waals surface area contributed by atoms with Gasteiger partial charge in [0.1, 0.15) is 0 Å². The maximum Gasteiger partial charge on any atom is 0.191 e. The van der Waals surface area contributed by atoms with E-state index in [1.165, 1.54) is 42.7 Å². The van der Waals surface area contributed by atoms with Crippen LogP contribution in [0.1, 0.15) is 29.5 Å². The minimum atomic E-state index is 0. The van der Waals surface area contributed by atoms with Crippen LogP contribution in [0.5, 0.6) is 0 Å². The van der Waals surface area contributed by atoms with E-state index in [9.17, 15) is 0 Å². The second-order valence-corrected chi connectivity index (χ2v) is 8.19. The summed E-state index contributed by atoms with van der Waals surface area (Å²) >= 11 is 0. The highest BCUT2D eigenvalue weighted by Gasteiger charge is 2.12. The van der Waals surface area contributed by atoms with Gasteiger partial charge < -0.3 is 15.5 Å². The Hall–Kier alpha value is -1.64. The van der Waals surface area contributed by atoms with Crippen LogP contribution >= 0.6 is 24.0 Å². The van der Waals surface area contributed by atoms with E-state index in [0.29, 0.717) is 0 Å². The molecule has 0 radical (unpaired) electrons. The summed E-state index contributed by atoms with van der Waals surface area (Å²) in [6.07, 6.45) is 3.43. The lowest BCUT2D eigenvalue weighted by Crippen LogP contribution is -2.37. The number of aliphatic imine (C=N–C) groups is 1. The zero-order valence-corrected chi connectivity index (χ0v) is 21.3. The number of hydrogen-bond donors (Lipinski definition) is 2. The summed E-state index contributed by atoms with van der Waals surface area (Å²) in [6.45, 7) is 7.48. The Morgan fingerprint density at radius 1 is 0.871 bits per heavy atom. The molecule has 6 heteroatoms. The van der Waals surface area contributed by atoms with Crippen molar-refractivity contribution in [1.82, 2.24) is 20.4 Å². The van der Waals surface area contributed by atoms with Crippen molar-refractivity contribution in [2.75, 3.05) is 46.8 Å². The van der Waals surface area contributed by atoms with Crippen LogP contribution in [0.25, 0.3) is 0 Å². The number of rotatable bonds is 8. The molecular weight excluding hydrogens is 497 g/mol. The fraction of sp³-hybridized carbons (Fsp3) is 0.480. The Bertz CT molecular complexity index is 763. The van der Waals surface area contributed by atoms with Crippen LogP contribution in [-0.2, 0) is 19.5 Å². The Morgan fingerprint density at radius 2 is 1.61 bits per heavy atom. The van der Waals surface area contributed by atoms with Gasteiger partial charge in [0.2, 0.25) is 0 Å². The topological polar surface area (TPSA) is 42.9 Å². The fourth-order valence-corrected chi connectivity index (χ4v) is 3.83.